The summed E-state index contributed by atoms with van der Waals surface area (Å²) in [4.78, 5) is 13.4. The molecule has 0 spiro atoms. The Hall–Kier alpha value is -3.88. The van der Waals surface area contributed by atoms with Crippen LogP contribution in [-0.4, -0.2) is 32.5 Å². The van der Waals surface area contributed by atoms with Crippen molar-refractivity contribution < 1.29 is 19.0 Å². The molecule has 1 heterocycles. The Morgan fingerprint density at radius 3 is 2.51 bits per heavy atom. The van der Waals surface area contributed by atoms with Crippen LogP contribution < -0.4 is 14.8 Å². The molecule has 0 saturated carbocycles. The fraction of sp³-hybridized carbons (Fsp3) is 0.296. The van der Waals surface area contributed by atoms with Gasteiger partial charge in [0, 0.05) is 17.7 Å². The SMILES string of the molecule is CCOC(=O)C1=C(c2ccccc2)NC(SCCCC#N)=C(C#N)[C@@H]1c1cc(OC)ccc1OC. The van der Waals surface area contributed by atoms with E-state index in [9.17, 15) is 10.1 Å². The van der Waals surface area contributed by atoms with Crippen molar-refractivity contribution in [1.82, 2.24) is 5.32 Å². The van der Waals surface area contributed by atoms with Gasteiger partial charge in [0.1, 0.15) is 11.5 Å². The summed E-state index contributed by atoms with van der Waals surface area (Å²) >= 11 is 1.45. The molecule has 0 amide bonds. The monoisotopic (exact) mass is 489 g/mol. The smallest absolute Gasteiger partial charge is 0.337 e. The highest BCUT2D eigenvalue weighted by Gasteiger charge is 2.38. The molecule has 1 N–H and O–H groups in total. The maximum absolute atomic E-state index is 13.4. The van der Waals surface area contributed by atoms with Gasteiger partial charge in [0.25, 0.3) is 0 Å². The second-order valence-electron chi connectivity index (χ2n) is 7.51. The molecule has 1 aliphatic rings. The van der Waals surface area contributed by atoms with Crippen LogP contribution in [0.1, 0.15) is 36.8 Å². The van der Waals surface area contributed by atoms with Gasteiger partial charge in [0.2, 0.25) is 0 Å². The fourth-order valence-corrected chi connectivity index (χ4v) is 4.85. The molecule has 1 atom stereocenters. The maximum Gasteiger partial charge on any atom is 0.337 e. The number of carbonyl (C=O) groups is 1. The molecular formula is C27H27N3O4S. The van der Waals surface area contributed by atoms with Gasteiger partial charge in [-0.2, -0.15) is 10.5 Å². The molecule has 3 rings (SSSR count). The molecule has 35 heavy (non-hydrogen) atoms. The lowest BCUT2D eigenvalue weighted by Gasteiger charge is -2.31. The van der Waals surface area contributed by atoms with Crippen LogP contribution in [0.5, 0.6) is 11.5 Å². The summed E-state index contributed by atoms with van der Waals surface area (Å²) in [6.45, 7) is 1.93. The summed E-state index contributed by atoms with van der Waals surface area (Å²) in [7, 11) is 3.11. The number of carbonyl (C=O) groups excluding carboxylic acids is 1. The quantitative estimate of drug-likeness (QED) is 0.361. The first-order chi connectivity index (χ1) is 17.1. The van der Waals surface area contributed by atoms with Crippen molar-refractivity contribution in [1.29, 1.82) is 10.5 Å². The zero-order valence-corrected chi connectivity index (χ0v) is 20.8. The highest BCUT2D eigenvalue weighted by Crippen LogP contribution is 2.47. The van der Waals surface area contributed by atoms with Crippen LogP contribution in [-0.2, 0) is 9.53 Å². The summed E-state index contributed by atoms with van der Waals surface area (Å²) < 4.78 is 16.6. The topological polar surface area (TPSA) is 104 Å². The number of unbranched alkanes of at least 4 members (excludes halogenated alkanes) is 1. The van der Waals surface area contributed by atoms with Gasteiger partial charge in [-0.25, -0.2) is 4.79 Å². The number of nitrogens with zero attached hydrogens (tertiary/aromatic N) is 2. The van der Waals surface area contributed by atoms with Crippen molar-refractivity contribution in [2.45, 2.75) is 25.7 Å². The minimum absolute atomic E-state index is 0.188. The van der Waals surface area contributed by atoms with E-state index in [1.54, 1.807) is 39.3 Å². The predicted octanol–water partition coefficient (Wildman–Crippen LogP) is 5.14. The van der Waals surface area contributed by atoms with Gasteiger partial charge in [-0.1, -0.05) is 30.3 Å². The van der Waals surface area contributed by atoms with E-state index in [1.165, 1.54) is 11.8 Å². The molecule has 0 radical (unpaired) electrons. The summed E-state index contributed by atoms with van der Waals surface area (Å²) in [5, 5.41) is 23.2. The van der Waals surface area contributed by atoms with Crippen LogP contribution in [0.4, 0.5) is 0 Å². The van der Waals surface area contributed by atoms with E-state index in [1.807, 2.05) is 30.3 Å². The van der Waals surface area contributed by atoms with Crippen molar-refractivity contribution >= 4 is 23.4 Å². The number of allylic oxidation sites excluding steroid dienone is 1. The second-order valence-corrected chi connectivity index (χ2v) is 8.61. The number of dihydropyridines is 1. The van der Waals surface area contributed by atoms with Crippen LogP contribution in [0.2, 0.25) is 0 Å². The number of benzene rings is 2. The number of ether oxygens (including phenoxy) is 3. The Morgan fingerprint density at radius 2 is 1.89 bits per heavy atom. The normalized spacial score (nSPS) is 15.1. The summed E-state index contributed by atoms with van der Waals surface area (Å²) in [5.41, 5.74) is 2.68. The Balaban J connectivity index is 2.30. The standard InChI is InChI=1S/C27H27N3O4S/c1-4-34-27(31)24-23(20-16-19(32-2)12-13-22(20)33-3)21(17-29)26(35-15-9-8-14-28)30-25(24)18-10-6-5-7-11-18/h5-7,10-13,16,23,30H,4,8-9,15H2,1-3H3/t23-/m0/s1. The highest BCUT2D eigenvalue weighted by molar-refractivity contribution is 8.03. The Morgan fingerprint density at radius 1 is 1.11 bits per heavy atom. The molecular weight excluding hydrogens is 462 g/mol. The van der Waals surface area contributed by atoms with Gasteiger partial charge < -0.3 is 19.5 Å². The third-order valence-corrected chi connectivity index (χ3v) is 6.54. The average Bonchev–Trinajstić information content (AvgIpc) is 2.90. The highest BCUT2D eigenvalue weighted by atomic mass is 32.2. The number of rotatable bonds is 10. The van der Waals surface area contributed by atoms with Gasteiger partial charge >= 0.3 is 5.97 Å². The van der Waals surface area contributed by atoms with Crippen molar-refractivity contribution in [3.8, 4) is 23.6 Å². The zero-order chi connectivity index (χ0) is 25.2. The summed E-state index contributed by atoms with van der Waals surface area (Å²) in [6, 6.07) is 19.2. The van der Waals surface area contributed by atoms with Gasteiger partial charge in [-0.15, -0.1) is 11.8 Å². The largest absolute Gasteiger partial charge is 0.497 e. The molecule has 1 aliphatic heterocycles. The van der Waals surface area contributed by atoms with Crippen molar-refractivity contribution in [3.05, 3.63) is 75.8 Å². The number of hydrogen-bond donors (Lipinski definition) is 1. The van der Waals surface area contributed by atoms with Gasteiger partial charge in [-0.3, -0.25) is 0 Å². The number of esters is 1. The molecule has 8 heteroatoms. The summed E-state index contributed by atoms with van der Waals surface area (Å²) in [5.74, 6) is 0.465. The Bertz CT molecular complexity index is 1210. The molecule has 7 nitrogen and oxygen atoms in total. The fourth-order valence-electron chi connectivity index (χ4n) is 3.86. The van der Waals surface area contributed by atoms with Crippen molar-refractivity contribution in [2.24, 2.45) is 0 Å². The van der Waals surface area contributed by atoms with E-state index < -0.39 is 11.9 Å². The molecule has 0 saturated heterocycles. The third-order valence-electron chi connectivity index (χ3n) is 5.44. The van der Waals surface area contributed by atoms with Crippen LogP contribution in [0, 0.1) is 22.7 Å². The zero-order valence-electron chi connectivity index (χ0n) is 20.0. The van der Waals surface area contributed by atoms with E-state index in [-0.39, 0.29) is 6.61 Å². The van der Waals surface area contributed by atoms with Crippen LogP contribution in [0.3, 0.4) is 0 Å². The molecule has 0 aromatic heterocycles. The molecule has 0 bridgehead atoms. The second kappa shape index (κ2) is 12.5. The first kappa shape index (κ1) is 25.7. The first-order valence-corrected chi connectivity index (χ1v) is 12.2. The lowest BCUT2D eigenvalue weighted by atomic mass is 9.80. The maximum atomic E-state index is 13.4. The lowest BCUT2D eigenvalue weighted by Crippen LogP contribution is -2.29. The Kier molecular flexibility index (Phi) is 9.23. The van der Waals surface area contributed by atoms with E-state index >= 15 is 0 Å². The minimum Gasteiger partial charge on any atom is -0.497 e. The van der Waals surface area contributed by atoms with Gasteiger partial charge in [-0.05, 0) is 37.1 Å². The summed E-state index contributed by atoms with van der Waals surface area (Å²) in [6.07, 6.45) is 1.10. The van der Waals surface area contributed by atoms with E-state index in [0.29, 0.717) is 57.5 Å². The molecule has 2 aromatic carbocycles. The average molecular weight is 490 g/mol. The third kappa shape index (κ3) is 5.79. The van der Waals surface area contributed by atoms with Crippen LogP contribution in [0.25, 0.3) is 5.70 Å². The Labute approximate surface area is 210 Å². The molecule has 0 fully saturated rings. The lowest BCUT2D eigenvalue weighted by molar-refractivity contribution is -0.138. The molecule has 180 valence electrons. The number of methoxy groups -OCH3 is 2. The van der Waals surface area contributed by atoms with Gasteiger partial charge in [0.15, 0.2) is 0 Å². The van der Waals surface area contributed by atoms with Crippen LogP contribution in [0.15, 0.2) is 64.7 Å². The number of hydrogen-bond acceptors (Lipinski definition) is 8. The first-order valence-electron chi connectivity index (χ1n) is 11.2. The molecule has 0 aliphatic carbocycles. The van der Waals surface area contributed by atoms with Crippen molar-refractivity contribution in [3.63, 3.8) is 0 Å². The van der Waals surface area contributed by atoms with E-state index in [0.717, 1.165) is 5.56 Å². The number of nitrogens with one attached hydrogen (secondary N) is 1. The van der Waals surface area contributed by atoms with Crippen molar-refractivity contribution in [2.75, 3.05) is 26.6 Å². The van der Waals surface area contributed by atoms with Crippen LogP contribution >= 0.6 is 11.8 Å². The molecule has 2 aromatic rings. The molecule has 0 unspecified atom stereocenters. The number of nitriles is 2. The van der Waals surface area contributed by atoms with E-state index in [4.69, 9.17) is 19.5 Å². The number of thioether (sulfide) groups is 1. The van der Waals surface area contributed by atoms with E-state index in [2.05, 4.69) is 17.5 Å². The minimum atomic E-state index is -0.751. The predicted molar refractivity (Wildman–Crippen MR) is 135 cm³/mol. The van der Waals surface area contributed by atoms with Gasteiger partial charge in [0.05, 0.1) is 60.8 Å².